The van der Waals surface area contributed by atoms with Gasteiger partial charge in [-0.25, -0.2) is 4.98 Å². The molecule has 3 N–H and O–H groups in total. The number of halogens is 3. The highest BCUT2D eigenvalue weighted by molar-refractivity contribution is 6.00. The van der Waals surface area contributed by atoms with E-state index in [1.165, 1.54) is 23.8 Å². The van der Waals surface area contributed by atoms with Gasteiger partial charge in [-0.1, -0.05) is 12.1 Å². The number of aryl methyl sites for hydroxylation is 2. The lowest BCUT2D eigenvalue weighted by atomic mass is 10.0. The van der Waals surface area contributed by atoms with E-state index in [4.69, 9.17) is 5.73 Å². The number of β-amino-alcohol motifs (C(OH)–C–C–N with tert-alkyl or cyclic N) is 1. The number of amides is 1. The van der Waals surface area contributed by atoms with Crippen molar-refractivity contribution in [2.45, 2.75) is 38.2 Å². The summed E-state index contributed by atoms with van der Waals surface area (Å²) in [6, 6.07) is 7.15. The number of anilines is 2. The Morgan fingerprint density at radius 3 is 2.61 bits per heavy atom. The molecule has 10 heteroatoms. The molecule has 1 amide bonds. The lowest BCUT2D eigenvalue weighted by Gasteiger charge is -2.31. The van der Waals surface area contributed by atoms with Gasteiger partial charge in [-0.2, -0.15) is 18.4 Å². The number of aliphatic hydroxyl groups is 1. The molecule has 3 atom stereocenters. The predicted molar refractivity (Wildman–Crippen MR) is 108 cm³/mol. The van der Waals surface area contributed by atoms with Crippen molar-refractivity contribution < 1.29 is 23.1 Å². The zero-order valence-corrected chi connectivity index (χ0v) is 17.2. The Bertz CT molecular complexity index is 1050. The van der Waals surface area contributed by atoms with Crippen LogP contribution in [0.2, 0.25) is 0 Å². The largest absolute Gasteiger partial charge is 0.417 e. The molecule has 0 saturated carbocycles. The average Bonchev–Trinajstić information content (AvgIpc) is 3.00. The van der Waals surface area contributed by atoms with Gasteiger partial charge in [-0.05, 0) is 37.6 Å². The molecule has 2 aromatic rings. The van der Waals surface area contributed by atoms with Crippen molar-refractivity contribution in [1.29, 1.82) is 5.26 Å². The van der Waals surface area contributed by atoms with Crippen LogP contribution in [0.25, 0.3) is 0 Å². The number of hydrogen-bond donors (Lipinski definition) is 2. The zero-order chi connectivity index (χ0) is 23.1. The minimum atomic E-state index is -4.79. The van der Waals surface area contributed by atoms with Gasteiger partial charge in [0.1, 0.15) is 23.5 Å². The number of benzene rings is 1. The molecular formula is C21H22F3N5O2. The first-order chi connectivity index (χ1) is 14.5. The van der Waals surface area contributed by atoms with Gasteiger partial charge in [0.2, 0.25) is 0 Å². The Morgan fingerprint density at radius 1 is 1.35 bits per heavy atom. The molecule has 3 rings (SSSR count). The summed E-state index contributed by atoms with van der Waals surface area (Å²) in [5.74, 6) is -0.853. The second-order valence-corrected chi connectivity index (χ2v) is 7.60. The maximum absolute atomic E-state index is 13.5. The first kappa shape index (κ1) is 22.5. The molecule has 1 fully saturated rings. The first-order valence-corrected chi connectivity index (χ1v) is 9.49. The van der Waals surface area contributed by atoms with Crippen molar-refractivity contribution in [2.75, 3.05) is 23.4 Å². The summed E-state index contributed by atoms with van der Waals surface area (Å²) in [4.78, 5) is 20.0. The van der Waals surface area contributed by atoms with Crippen LogP contribution < -0.4 is 15.5 Å². The van der Waals surface area contributed by atoms with Crippen LogP contribution >= 0.6 is 0 Å². The van der Waals surface area contributed by atoms with E-state index in [1.54, 1.807) is 24.3 Å². The van der Waals surface area contributed by atoms with Crippen molar-refractivity contribution in [3.8, 4) is 6.07 Å². The molecule has 2 heterocycles. The summed E-state index contributed by atoms with van der Waals surface area (Å²) in [5.41, 5.74) is 5.71. The van der Waals surface area contributed by atoms with Crippen molar-refractivity contribution in [1.82, 2.24) is 4.98 Å². The van der Waals surface area contributed by atoms with Gasteiger partial charge < -0.3 is 20.6 Å². The summed E-state index contributed by atoms with van der Waals surface area (Å²) in [7, 11) is 1.52. The third-order valence-corrected chi connectivity index (χ3v) is 5.32. The van der Waals surface area contributed by atoms with E-state index in [1.807, 2.05) is 13.0 Å². The van der Waals surface area contributed by atoms with Crippen LogP contribution in [0.4, 0.5) is 24.7 Å². The highest BCUT2D eigenvalue weighted by Gasteiger charge is 2.47. The number of nitrogens with zero attached hydrogens (tertiary/aromatic N) is 4. The monoisotopic (exact) mass is 433 g/mol. The van der Waals surface area contributed by atoms with Crippen molar-refractivity contribution >= 4 is 17.4 Å². The second kappa shape index (κ2) is 8.17. The van der Waals surface area contributed by atoms with E-state index >= 15 is 0 Å². The van der Waals surface area contributed by atoms with Crippen molar-refractivity contribution in [2.24, 2.45) is 5.73 Å². The molecule has 0 bridgehead atoms. The van der Waals surface area contributed by atoms with Crippen molar-refractivity contribution in [3.63, 3.8) is 0 Å². The van der Waals surface area contributed by atoms with Gasteiger partial charge in [0.25, 0.3) is 5.91 Å². The number of likely N-dealkylation sites (N-methyl/N-ethyl adjacent to an activating group) is 1. The third-order valence-electron chi connectivity index (χ3n) is 5.32. The third kappa shape index (κ3) is 4.19. The van der Waals surface area contributed by atoms with Gasteiger partial charge in [-0.3, -0.25) is 4.79 Å². The molecular weight excluding hydrogens is 411 g/mol. The number of nitriles is 1. The van der Waals surface area contributed by atoms with Crippen LogP contribution in [0.1, 0.15) is 22.4 Å². The number of rotatable bonds is 3. The molecule has 1 saturated heterocycles. The van der Waals surface area contributed by atoms with Gasteiger partial charge in [0, 0.05) is 25.0 Å². The van der Waals surface area contributed by atoms with E-state index in [0.717, 1.165) is 11.6 Å². The van der Waals surface area contributed by atoms with E-state index in [2.05, 4.69) is 4.98 Å². The van der Waals surface area contributed by atoms with Gasteiger partial charge in [0.05, 0.1) is 17.7 Å². The molecule has 7 nitrogen and oxygen atoms in total. The Hall–Kier alpha value is -3.16. The normalized spacial score (nSPS) is 21.1. The summed E-state index contributed by atoms with van der Waals surface area (Å²) in [6.45, 7) is 2.98. The maximum atomic E-state index is 13.5. The van der Waals surface area contributed by atoms with Crippen LogP contribution in [0, 0.1) is 25.2 Å². The zero-order valence-electron chi connectivity index (χ0n) is 17.2. The Kier molecular flexibility index (Phi) is 5.93. The van der Waals surface area contributed by atoms with Gasteiger partial charge >= 0.3 is 6.18 Å². The number of nitrogens with two attached hydrogens (primary N) is 1. The number of carbonyl (C=O) groups is 1. The Morgan fingerprint density at radius 2 is 2.03 bits per heavy atom. The Labute approximate surface area is 177 Å². The minimum Gasteiger partial charge on any atom is -0.390 e. The lowest BCUT2D eigenvalue weighted by Crippen LogP contribution is -2.53. The summed E-state index contributed by atoms with van der Waals surface area (Å²) in [6.07, 6.45) is -5.98. The molecule has 164 valence electrons. The highest BCUT2D eigenvalue weighted by atomic mass is 19.4. The average molecular weight is 433 g/mol. The maximum Gasteiger partial charge on any atom is 0.417 e. The SMILES string of the molecule is Cc1cccc(N(C)C(=O)[C@@H]2[C@H](N)[C@@H](O)CN2c2nc(C)cc(C(F)(F)F)c2C#N)c1. The predicted octanol–water partition coefficient (Wildman–Crippen LogP) is 2.13. The number of alkyl halides is 3. The van der Waals surface area contributed by atoms with Crippen LogP contribution in [0.15, 0.2) is 30.3 Å². The van der Waals surface area contributed by atoms with Gasteiger partial charge in [0.15, 0.2) is 0 Å². The molecule has 0 radical (unpaired) electrons. The summed E-state index contributed by atoms with van der Waals surface area (Å²) >= 11 is 0. The van der Waals surface area contributed by atoms with E-state index < -0.39 is 41.4 Å². The number of aliphatic hydroxyl groups excluding tert-OH is 1. The molecule has 0 spiro atoms. The van der Waals surface area contributed by atoms with Gasteiger partial charge in [-0.15, -0.1) is 0 Å². The number of carbonyl (C=O) groups excluding carboxylic acids is 1. The molecule has 0 aliphatic carbocycles. The fourth-order valence-corrected chi connectivity index (χ4v) is 3.73. The van der Waals surface area contributed by atoms with Crippen LogP contribution in [0.5, 0.6) is 0 Å². The number of pyridine rings is 1. The van der Waals surface area contributed by atoms with E-state index in [0.29, 0.717) is 5.69 Å². The minimum absolute atomic E-state index is 0.0227. The second-order valence-electron chi connectivity index (χ2n) is 7.60. The Balaban J connectivity index is 2.10. The fourth-order valence-electron chi connectivity index (χ4n) is 3.73. The first-order valence-electron chi connectivity index (χ1n) is 9.49. The standard InChI is InChI=1S/C21H22F3N5O2/c1-11-5-4-6-13(7-11)28(3)20(31)18-17(26)16(30)10-29(18)19-14(9-25)15(21(22,23)24)8-12(2)27-19/h4-8,16-18,30H,10,26H2,1-3H3/t16-,17+,18-/m0/s1. The lowest BCUT2D eigenvalue weighted by molar-refractivity contribution is -0.137. The highest BCUT2D eigenvalue weighted by Crippen LogP contribution is 2.38. The molecule has 1 aliphatic heterocycles. The van der Waals surface area contributed by atoms with Crippen LogP contribution in [-0.2, 0) is 11.0 Å². The smallest absolute Gasteiger partial charge is 0.390 e. The van der Waals surface area contributed by atoms with E-state index in [9.17, 15) is 28.3 Å². The summed E-state index contributed by atoms with van der Waals surface area (Å²) in [5, 5.41) is 19.8. The number of hydrogen-bond acceptors (Lipinski definition) is 6. The van der Waals surface area contributed by atoms with Crippen LogP contribution in [0.3, 0.4) is 0 Å². The topological polar surface area (TPSA) is 106 Å². The molecule has 1 aromatic heterocycles. The number of aromatic nitrogens is 1. The fraction of sp³-hybridized carbons (Fsp3) is 0.381. The molecule has 0 unspecified atom stereocenters. The molecule has 31 heavy (non-hydrogen) atoms. The molecule has 1 aromatic carbocycles. The van der Waals surface area contributed by atoms with Crippen molar-refractivity contribution in [3.05, 3.63) is 52.7 Å². The van der Waals surface area contributed by atoms with Crippen LogP contribution in [-0.4, -0.2) is 47.8 Å². The quantitative estimate of drug-likeness (QED) is 0.768. The summed E-state index contributed by atoms with van der Waals surface area (Å²) < 4.78 is 40.6. The molecule has 1 aliphatic rings. The van der Waals surface area contributed by atoms with E-state index in [-0.39, 0.29) is 18.1 Å².